The van der Waals surface area contributed by atoms with E-state index in [1.54, 1.807) is 6.08 Å². The van der Waals surface area contributed by atoms with Crippen molar-refractivity contribution >= 4 is 27.6 Å². The van der Waals surface area contributed by atoms with Crippen LogP contribution in [-0.2, 0) is 46.5 Å². The van der Waals surface area contributed by atoms with E-state index in [4.69, 9.17) is 23.3 Å². The van der Waals surface area contributed by atoms with Gasteiger partial charge in [-0.2, -0.15) is 0 Å². The predicted octanol–water partition coefficient (Wildman–Crippen LogP) is 8.94. The molecule has 0 aromatic rings. The van der Waals surface area contributed by atoms with E-state index in [9.17, 15) is 53.8 Å². The number of ether oxygens (including phenoxy) is 3. The highest BCUT2D eigenvalue weighted by Gasteiger charge is 2.54. The Morgan fingerprint density at radius 2 is 0.957 bits per heavy atom. The first kappa shape index (κ1) is 63.0. The number of carbonyl (C=O) groups excluding carboxylic acids is 2. The first-order valence-corrected chi connectivity index (χ1v) is 27.9. The predicted molar refractivity (Wildman–Crippen MR) is 268 cm³/mol. The molecule has 0 aromatic carbocycles. The van der Waals surface area contributed by atoms with Crippen LogP contribution in [0.3, 0.4) is 0 Å². The second kappa shape index (κ2) is 37.6. The Bertz CT molecular complexity index is 1790. The van der Waals surface area contributed by atoms with Gasteiger partial charge in [-0.25, -0.2) is 9.13 Å². The molecule has 70 heavy (non-hydrogen) atoms. The van der Waals surface area contributed by atoms with Gasteiger partial charge in [-0.3, -0.25) is 23.2 Å². The molecule has 2 aliphatic rings. The van der Waals surface area contributed by atoms with E-state index < -0.39 is 83.5 Å². The molecular weight excluding hydrogens is 946 g/mol. The highest BCUT2D eigenvalue weighted by Crippen LogP contribution is 2.49. The largest absolute Gasteiger partial charge is 0.472 e. The molecule has 1 aliphatic heterocycles. The van der Waals surface area contributed by atoms with E-state index in [0.717, 1.165) is 51.4 Å². The average molecular weight is 1030 g/mol. The van der Waals surface area contributed by atoms with Gasteiger partial charge in [-0.1, -0.05) is 137 Å². The van der Waals surface area contributed by atoms with Crippen molar-refractivity contribution in [2.45, 2.75) is 197 Å². The van der Waals surface area contributed by atoms with E-state index in [2.05, 4.69) is 79.1 Å². The highest BCUT2D eigenvalue weighted by molar-refractivity contribution is 7.47. The molecule has 17 nitrogen and oxygen atoms in total. The van der Waals surface area contributed by atoms with Gasteiger partial charge in [0, 0.05) is 12.8 Å². The fraction of sp³-hybridized carbons (Fsp3) is 0.647. The van der Waals surface area contributed by atoms with Crippen LogP contribution in [-0.4, -0.2) is 115 Å². The zero-order valence-electron chi connectivity index (χ0n) is 41.1. The maximum Gasteiger partial charge on any atom is 0.472 e. The summed E-state index contributed by atoms with van der Waals surface area (Å²) < 4.78 is 55.0. The van der Waals surface area contributed by atoms with Crippen LogP contribution in [0.15, 0.2) is 97.2 Å². The van der Waals surface area contributed by atoms with Crippen molar-refractivity contribution in [3.8, 4) is 0 Å². The monoisotopic (exact) mass is 1030 g/mol. The molecule has 1 aliphatic carbocycles. The number of aliphatic hydroxyl groups is 4. The van der Waals surface area contributed by atoms with Gasteiger partial charge in [0.1, 0.15) is 43.2 Å². The smallest absolute Gasteiger partial charge is 0.462 e. The third-order valence-electron chi connectivity index (χ3n) is 11.0. The lowest BCUT2D eigenvalue weighted by atomic mass is 9.85. The van der Waals surface area contributed by atoms with Crippen molar-refractivity contribution < 1.29 is 81.6 Å². The van der Waals surface area contributed by atoms with Crippen molar-refractivity contribution in [2.24, 2.45) is 0 Å². The summed E-state index contributed by atoms with van der Waals surface area (Å²) in [5.41, 5.74) is 0. The molecule has 1 heterocycles. The number of epoxide rings is 1. The zero-order chi connectivity index (χ0) is 51.5. The molecule has 2 fully saturated rings. The van der Waals surface area contributed by atoms with Crippen LogP contribution in [0, 0.1) is 0 Å². The van der Waals surface area contributed by atoms with Crippen LogP contribution < -0.4 is 0 Å². The van der Waals surface area contributed by atoms with E-state index in [0.29, 0.717) is 31.8 Å². The molecule has 7 N–H and O–H groups in total. The third kappa shape index (κ3) is 30.7. The van der Waals surface area contributed by atoms with Gasteiger partial charge in [0.05, 0.1) is 18.8 Å². The molecular formula is C51H82O17P2. The van der Waals surface area contributed by atoms with Crippen LogP contribution in [0.25, 0.3) is 0 Å². The van der Waals surface area contributed by atoms with E-state index in [-0.39, 0.29) is 18.9 Å². The second-order valence-electron chi connectivity index (χ2n) is 17.2. The fourth-order valence-corrected chi connectivity index (χ4v) is 8.58. The fourth-order valence-electron chi connectivity index (χ4n) is 7.04. The molecule has 0 amide bonds. The molecule has 10 atom stereocenters. The Labute approximate surface area is 415 Å². The Hall–Kier alpha value is -3.12. The standard InChI is InChI=1S/C51H82O17P2/c1-3-5-7-9-11-12-13-14-15-16-17-18-19-20-21-22-25-30-34-38-45(53)65-41(40-64-70(61,62)68-51-48(56)46(54)47(55)50(49(51)57)67-69(58,59)60)39-63-44(52)37-33-29-26-23-24-28-32-36-43-42(66-43)35-31-27-10-8-6-4-2/h11-12,14-15,17-18,20-21,23,25-28,30-32,41-43,46-51,54-57H,3-10,13,16,19,22,24,29,33-40H2,1-2H3,(H,61,62)(H2,58,59,60)/b12-11-,15-14-,18-17-,21-20-,26-23-,30-25-,31-27-,32-28-/t41-,42?,43?,46?,47?,48?,49?,50-,51+/m1/s1. The first-order chi connectivity index (χ1) is 33.6. The van der Waals surface area contributed by atoms with Gasteiger partial charge in [0.25, 0.3) is 0 Å². The van der Waals surface area contributed by atoms with Crippen LogP contribution in [0.5, 0.6) is 0 Å². The van der Waals surface area contributed by atoms with E-state index in [1.807, 2.05) is 30.4 Å². The third-order valence-corrected chi connectivity index (χ3v) is 12.5. The number of carbonyl (C=O) groups is 2. The first-order valence-electron chi connectivity index (χ1n) is 24.9. The number of unbranched alkanes of at least 4 members (excludes halogenated alkanes) is 7. The number of hydrogen-bond acceptors (Lipinski definition) is 14. The van der Waals surface area contributed by atoms with Gasteiger partial charge in [-0.05, 0) is 89.9 Å². The molecule has 0 bridgehead atoms. The summed E-state index contributed by atoms with van der Waals surface area (Å²) in [5, 5.41) is 41.3. The number of phosphoric ester groups is 2. The normalized spacial score (nSPS) is 24.7. The lowest BCUT2D eigenvalue weighted by Crippen LogP contribution is -2.64. The van der Waals surface area contributed by atoms with Gasteiger partial charge in [-0.15, -0.1) is 0 Å². The van der Waals surface area contributed by atoms with Gasteiger partial charge in [0.2, 0.25) is 0 Å². The maximum absolute atomic E-state index is 13.0. The SMILES string of the molecule is CCCCC/C=C\C/C=C\C/C=C\C/C=C\C/C=C\CCC(=O)O[C@H](COC(=O)CCC/C=C\C/C=C\CC1OC1C/C=C\CCCCC)COP(=O)(O)O[C@H]1C(O)C(O)C(O)[C@@H](OP(=O)(O)O)C1O. The maximum atomic E-state index is 13.0. The second-order valence-corrected chi connectivity index (χ2v) is 19.8. The molecule has 0 spiro atoms. The summed E-state index contributed by atoms with van der Waals surface area (Å²) in [6.45, 7) is 2.93. The van der Waals surface area contributed by atoms with E-state index >= 15 is 0 Å². The Balaban J connectivity index is 1.84. The highest BCUT2D eigenvalue weighted by atomic mass is 31.2. The summed E-state index contributed by atoms with van der Waals surface area (Å²) in [7, 11) is -10.7. The van der Waals surface area contributed by atoms with Crippen LogP contribution in [0.2, 0.25) is 0 Å². The summed E-state index contributed by atoms with van der Waals surface area (Å²) in [4.78, 5) is 54.3. The summed E-state index contributed by atoms with van der Waals surface area (Å²) in [6, 6.07) is 0. The van der Waals surface area contributed by atoms with Gasteiger partial charge >= 0.3 is 27.6 Å². The van der Waals surface area contributed by atoms with Crippen LogP contribution >= 0.6 is 15.6 Å². The summed E-state index contributed by atoms with van der Waals surface area (Å²) >= 11 is 0. The molecule has 398 valence electrons. The molecule has 19 heteroatoms. The zero-order valence-corrected chi connectivity index (χ0v) is 42.9. The van der Waals surface area contributed by atoms with Gasteiger partial charge < -0.3 is 49.3 Å². The number of phosphoric acid groups is 2. The van der Waals surface area contributed by atoms with Gasteiger partial charge in [0.15, 0.2) is 6.10 Å². The molecule has 1 saturated carbocycles. The molecule has 0 radical (unpaired) electrons. The molecule has 1 saturated heterocycles. The van der Waals surface area contributed by atoms with Crippen molar-refractivity contribution in [3.05, 3.63) is 97.2 Å². The quantitative estimate of drug-likeness (QED) is 0.00995. The Morgan fingerprint density at radius 3 is 1.47 bits per heavy atom. The molecule has 0 aromatic heterocycles. The summed E-state index contributed by atoms with van der Waals surface area (Å²) in [5.74, 6) is -1.38. The minimum Gasteiger partial charge on any atom is -0.462 e. The van der Waals surface area contributed by atoms with Crippen molar-refractivity contribution in [1.82, 2.24) is 0 Å². The van der Waals surface area contributed by atoms with E-state index in [1.165, 1.54) is 38.5 Å². The molecule has 2 rings (SSSR count). The van der Waals surface area contributed by atoms with Crippen LogP contribution in [0.4, 0.5) is 0 Å². The minimum absolute atomic E-state index is 0.0183. The lowest BCUT2D eigenvalue weighted by molar-refractivity contribution is -0.216. The minimum atomic E-state index is -5.39. The van der Waals surface area contributed by atoms with Crippen molar-refractivity contribution in [1.29, 1.82) is 0 Å². The number of esters is 2. The molecule has 7 unspecified atom stereocenters. The Morgan fingerprint density at radius 1 is 0.514 bits per heavy atom. The van der Waals surface area contributed by atoms with Crippen LogP contribution in [0.1, 0.15) is 142 Å². The van der Waals surface area contributed by atoms with Crippen molar-refractivity contribution in [3.63, 3.8) is 0 Å². The topological polar surface area (TPSA) is 269 Å². The number of hydrogen-bond donors (Lipinski definition) is 7. The average Bonchev–Trinajstić information content (AvgIpc) is 4.08. The summed E-state index contributed by atoms with van der Waals surface area (Å²) in [6.07, 6.45) is 35.5. The Kier molecular flexibility index (Phi) is 33.8. The van der Waals surface area contributed by atoms with Crippen molar-refractivity contribution in [2.75, 3.05) is 13.2 Å². The lowest BCUT2D eigenvalue weighted by Gasteiger charge is -2.43. The number of allylic oxidation sites excluding steroid dienone is 14. The number of aliphatic hydroxyl groups excluding tert-OH is 4. The number of rotatable bonds is 39.